The number of halogens is 1. The summed E-state index contributed by atoms with van der Waals surface area (Å²) in [5.74, 6) is 1.57. The molecule has 0 unspecified atom stereocenters. The third-order valence-corrected chi connectivity index (χ3v) is 4.01. The Bertz CT molecular complexity index is 701. The van der Waals surface area contributed by atoms with Crippen molar-refractivity contribution in [3.63, 3.8) is 0 Å². The van der Waals surface area contributed by atoms with E-state index >= 15 is 0 Å². The van der Waals surface area contributed by atoms with Gasteiger partial charge in [-0.1, -0.05) is 23.7 Å². The molecule has 1 aliphatic heterocycles. The average Bonchev–Trinajstić information content (AvgIpc) is 2.95. The van der Waals surface area contributed by atoms with Gasteiger partial charge in [-0.3, -0.25) is 0 Å². The van der Waals surface area contributed by atoms with Gasteiger partial charge in [-0.2, -0.15) is 5.10 Å². The first-order valence-electron chi connectivity index (χ1n) is 7.87. The minimum absolute atomic E-state index is 0.100. The molecule has 0 bridgehead atoms. The molecular weight excluding hydrogens is 330 g/mol. The van der Waals surface area contributed by atoms with Gasteiger partial charge in [0.25, 0.3) is 0 Å². The van der Waals surface area contributed by atoms with Crippen LogP contribution < -0.4 is 5.32 Å². The van der Waals surface area contributed by atoms with E-state index in [1.54, 1.807) is 4.90 Å². The molecule has 1 aliphatic rings. The van der Waals surface area contributed by atoms with Gasteiger partial charge in [0.15, 0.2) is 0 Å². The molecule has 128 valence electrons. The Balaban J connectivity index is 1.36. The van der Waals surface area contributed by atoms with E-state index in [4.69, 9.17) is 16.3 Å². The number of fused-ring (bicyclic) bond motifs is 1. The fourth-order valence-corrected chi connectivity index (χ4v) is 2.67. The maximum absolute atomic E-state index is 12.2. The van der Waals surface area contributed by atoms with Crippen LogP contribution >= 0.6 is 11.6 Å². The molecule has 2 aromatic rings. The van der Waals surface area contributed by atoms with Crippen LogP contribution in [0.25, 0.3) is 0 Å². The highest BCUT2D eigenvalue weighted by Crippen LogP contribution is 2.11. The van der Waals surface area contributed by atoms with Crippen molar-refractivity contribution < 1.29 is 9.53 Å². The molecule has 8 heteroatoms. The molecule has 3 rings (SSSR count). The predicted molar refractivity (Wildman–Crippen MR) is 89.7 cm³/mol. The molecule has 0 aliphatic carbocycles. The van der Waals surface area contributed by atoms with Crippen LogP contribution in [0.15, 0.2) is 24.3 Å². The van der Waals surface area contributed by atoms with Gasteiger partial charge in [0, 0.05) is 18.1 Å². The van der Waals surface area contributed by atoms with Crippen molar-refractivity contribution in [2.75, 3.05) is 19.7 Å². The number of aryl methyl sites for hydroxylation is 1. The molecule has 1 aromatic heterocycles. The Morgan fingerprint density at radius 2 is 2.12 bits per heavy atom. The summed E-state index contributed by atoms with van der Waals surface area (Å²) in [6, 6.07) is 7.41. The smallest absolute Gasteiger partial charge is 0.317 e. The molecule has 2 amide bonds. The Morgan fingerprint density at radius 1 is 1.33 bits per heavy atom. The number of carbonyl (C=O) groups excluding carboxylic acids is 1. The first kappa shape index (κ1) is 16.7. The monoisotopic (exact) mass is 349 g/mol. The van der Waals surface area contributed by atoms with Crippen LogP contribution in [0.4, 0.5) is 4.79 Å². The number of ether oxygens (including phenoxy) is 1. The summed E-state index contributed by atoms with van der Waals surface area (Å²) in [7, 11) is 0. The average molecular weight is 350 g/mol. The van der Waals surface area contributed by atoms with E-state index in [2.05, 4.69) is 15.4 Å². The summed E-state index contributed by atoms with van der Waals surface area (Å²) in [4.78, 5) is 18.2. The summed E-state index contributed by atoms with van der Waals surface area (Å²) < 4.78 is 7.41. The first-order chi connectivity index (χ1) is 11.6. The van der Waals surface area contributed by atoms with Gasteiger partial charge in [-0.25, -0.2) is 14.5 Å². The van der Waals surface area contributed by atoms with Crippen LogP contribution in [-0.4, -0.2) is 45.4 Å². The van der Waals surface area contributed by atoms with Crippen LogP contribution in [0.5, 0.6) is 0 Å². The third-order valence-electron chi connectivity index (χ3n) is 3.76. The number of hydrogen-bond acceptors (Lipinski definition) is 4. The molecule has 0 atom stereocenters. The molecule has 1 aromatic carbocycles. The number of hydrogen-bond donors (Lipinski definition) is 1. The van der Waals surface area contributed by atoms with Crippen molar-refractivity contribution >= 4 is 17.6 Å². The second-order valence-electron chi connectivity index (χ2n) is 5.63. The zero-order chi connectivity index (χ0) is 16.9. The highest BCUT2D eigenvalue weighted by atomic mass is 35.5. The zero-order valence-electron chi connectivity index (χ0n) is 13.5. The molecule has 7 nitrogen and oxygen atoms in total. The van der Waals surface area contributed by atoms with Gasteiger partial charge in [0.2, 0.25) is 0 Å². The number of benzene rings is 1. The van der Waals surface area contributed by atoms with Crippen molar-refractivity contribution in [2.45, 2.75) is 26.6 Å². The Labute approximate surface area is 145 Å². The topological polar surface area (TPSA) is 72.3 Å². The Hall–Kier alpha value is -2.12. The van der Waals surface area contributed by atoms with E-state index in [1.165, 1.54) is 0 Å². The minimum Gasteiger partial charge on any atom is -0.375 e. The molecule has 0 fully saturated rings. The molecule has 2 heterocycles. The van der Waals surface area contributed by atoms with Gasteiger partial charge in [0.1, 0.15) is 11.6 Å². The van der Waals surface area contributed by atoms with Crippen molar-refractivity contribution in [1.29, 1.82) is 0 Å². The summed E-state index contributed by atoms with van der Waals surface area (Å²) >= 11 is 5.83. The first-order valence-corrected chi connectivity index (χ1v) is 8.25. The van der Waals surface area contributed by atoms with Crippen LogP contribution in [0, 0.1) is 6.92 Å². The molecule has 24 heavy (non-hydrogen) atoms. The molecule has 0 saturated heterocycles. The Kier molecular flexibility index (Phi) is 5.32. The summed E-state index contributed by atoms with van der Waals surface area (Å²) in [5, 5.41) is 7.86. The number of carbonyl (C=O) groups is 1. The van der Waals surface area contributed by atoms with Crippen molar-refractivity contribution in [3.05, 3.63) is 46.5 Å². The highest BCUT2D eigenvalue weighted by Gasteiger charge is 2.22. The highest BCUT2D eigenvalue weighted by molar-refractivity contribution is 6.30. The van der Waals surface area contributed by atoms with E-state index in [-0.39, 0.29) is 6.03 Å². The lowest BCUT2D eigenvalue weighted by Crippen LogP contribution is -2.45. The van der Waals surface area contributed by atoms with Crippen LogP contribution in [0.1, 0.15) is 17.2 Å². The second-order valence-corrected chi connectivity index (χ2v) is 6.07. The third kappa shape index (κ3) is 4.24. The number of urea groups is 1. The minimum atomic E-state index is -0.100. The lowest BCUT2D eigenvalue weighted by atomic mass is 10.2. The van der Waals surface area contributed by atoms with Crippen LogP contribution in [-0.2, 0) is 24.4 Å². The number of nitrogens with zero attached hydrogens (tertiary/aromatic N) is 4. The largest absolute Gasteiger partial charge is 0.375 e. The lowest BCUT2D eigenvalue weighted by Gasteiger charge is -2.26. The van der Waals surface area contributed by atoms with E-state index in [0.29, 0.717) is 44.4 Å². The molecule has 1 N–H and O–H groups in total. The van der Waals surface area contributed by atoms with Gasteiger partial charge in [0.05, 0.1) is 26.3 Å². The fraction of sp³-hybridized carbons (Fsp3) is 0.438. The lowest BCUT2D eigenvalue weighted by molar-refractivity contribution is 0.120. The van der Waals surface area contributed by atoms with Crippen molar-refractivity contribution in [1.82, 2.24) is 25.0 Å². The van der Waals surface area contributed by atoms with Gasteiger partial charge < -0.3 is 15.0 Å². The molecule has 0 radical (unpaired) electrons. The molecular formula is C16H20ClN5O2. The van der Waals surface area contributed by atoms with Crippen LogP contribution in [0.3, 0.4) is 0 Å². The summed E-state index contributed by atoms with van der Waals surface area (Å²) in [6.07, 6.45) is 0. The SMILES string of the molecule is Cc1nc2n(n1)CCN(C(=O)NCCOCc1ccc(Cl)cc1)C2. The van der Waals surface area contributed by atoms with E-state index in [1.807, 2.05) is 35.9 Å². The molecule has 0 spiro atoms. The quantitative estimate of drug-likeness (QED) is 0.838. The standard InChI is InChI=1S/C16H20ClN5O2/c1-12-19-15-10-21(7-8-22(15)20-12)16(23)18-6-9-24-11-13-2-4-14(17)5-3-13/h2-5H,6-11H2,1H3,(H,18,23). The number of amides is 2. The predicted octanol–water partition coefficient (Wildman–Crippen LogP) is 1.98. The van der Waals surface area contributed by atoms with Gasteiger partial charge >= 0.3 is 6.03 Å². The van der Waals surface area contributed by atoms with Crippen molar-refractivity contribution in [2.24, 2.45) is 0 Å². The Morgan fingerprint density at radius 3 is 2.92 bits per heavy atom. The molecule has 0 saturated carbocycles. The van der Waals surface area contributed by atoms with E-state index in [9.17, 15) is 4.79 Å². The van der Waals surface area contributed by atoms with Crippen LogP contribution in [0.2, 0.25) is 5.02 Å². The van der Waals surface area contributed by atoms with Gasteiger partial charge in [-0.15, -0.1) is 0 Å². The van der Waals surface area contributed by atoms with Gasteiger partial charge in [-0.05, 0) is 24.6 Å². The van der Waals surface area contributed by atoms with E-state index in [0.717, 1.165) is 17.2 Å². The number of aromatic nitrogens is 3. The summed E-state index contributed by atoms with van der Waals surface area (Å²) in [6.45, 7) is 5.07. The maximum Gasteiger partial charge on any atom is 0.317 e. The maximum atomic E-state index is 12.2. The normalized spacial score (nSPS) is 13.7. The number of nitrogens with one attached hydrogen (secondary N) is 1. The zero-order valence-corrected chi connectivity index (χ0v) is 14.3. The summed E-state index contributed by atoms with van der Waals surface area (Å²) in [5.41, 5.74) is 1.05. The fourth-order valence-electron chi connectivity index (χ4n) is 2.55. The number of rotatable bonds is 5. The van der Waals surface area contributed by atoms with Crippen molar-refractivity contribution in [3.8, 4) is 0 Å². The second kappa shape index (κ2) is 7.63. The van der Waals surface area contributed by atoms with E-state index < -0.39 is 0 Å².